The van der Waals surface area contributed by atoms with Crippen molar-refractivity contribution >= 4 is 0 Å². The lowest BCUT2D eigenvalue weighted by Crippen LogP contribution is -2.26. The molecule has 110 valence electrons. The second-order valence-corrected chi connectivity index (χ2v) is 5.63. The molecule has 1 heterocycles. The highest BCUT2D eigenvalue weighted by molar-refractivity contribution is 5.31. The maximum atomic E-state index is 5.71. The summed E-state index contributed by atoms with van der Waals surface area (Å²) < 4.78 is 5.71. The van der Waals surface area contributed by atoms with E-state index in [0.717, 1.165) is 19.6 Å². The number of ether oxygens (including phenoxy) is 1. The first-order valence-electron chi connectivity index (χ1n) is 7.88. The van der Waals surface area contributed by atoms with Crippen LogP contribution in [0, 0.1) is 0 Å². The predicted molar refractivity (Wildman–Crippen MR) is 86.3 cm³/mol. The molecule has 0 aromatic heterocycles. The maximum Gasteiger partial charge on any atom is 0.0588 e. The molecule has 0 radical (unpaired) electrons. The first kappa shape index (κ1) is 14.3. The number of hydrogen-bond donors (Lipinski definition) is 1. The summed E-state index contributed by atoms with van der Waals surface area (Å²) in [4.78, 5) is 0. The van der Waals surface area contributed by atoms with Gasteiger partial charge in [0.2, 0.25) is 0 Å². The van der Waals surface area contributed by atoms with Gasteiger partial charge < -0.3 is 10.1 Å². The molecule has 1 atom stereocenters. The Labute approximate surface area is 127 Å². The van der Waals surface area contributed by atoms with Crippen LogP contribution in [-0.4, -0.2) is 19.3 Å². The molecule has 1 fully saturated rings. The van der Waals surface area contributed by atoms with E-state index in [9.17, 15) is 0 Å². The van der Waals surface area contributed by atoms with Crippen molar-refractivity contribution in [3.05, 3.63) is 71.8 Å². The number of nitrogens with one attached hydrogen (secondary N) is 1. The van der Waals surface area contributed by atoms with Crippen molar-refractivity contribution in [2.24, 2.45) is 0 Å². The summed E-state index contributed by atoms with van der Waals surface area (Å²) in [6.45, 7) is 1.92. The van der Waals surface area contributed by atoms with Gasteiger partial charge in [-0.2, -0.15) is 0 Å². The van der Waals surface area contributed by atoms with E-state index in [1.807, 2.05) is 0 Å². The molecular formula is C19H23NO. The second-order valence-electron chi connectivity index (χ2n) is 5.63. The van der Waals surface area contributed by atoms with Crippen molar-refractivity contribution in [1.29, 1.82) is 0 Å². The molecule has 0 spiro atoms. The fourth-order valence-electron chi connectivity index (χ4n) is 2.98. The van der Waals surface area contributed by atoms with Crippen molar-refractivity contribution in [2.75, 3.05) is 13.2 Å². The minimum Gasteiger partial charge on any atom is -0.378 e. The number of hydrogen-bond acceptors (Lipinski definition) is 2. The molecule has 1 saturated heterocycles. The van der Waals surface area contributed by atoms with Crippen molar-refractivity contribution in [2.45, 2.75) is 31.4 Å². The number of rotatable bonds is 6. The van der Waals surface area contributed by atoms with Crippen LogP contribution in [0.2, 0.25) is 0 Å². The highest BCUT2D eigenvalue weighted by Gasteiger charge is 2.17. The monoisotopic (exact) mass is 281 g/mol. The van der Waals surface area contributed by atoms with E-state index < -0.39 is 0 Å². The molecule has 0 aliphatic carbocycles. The van der Waals surface area contributed by atoms with Crippen LogP contribution in [0.3, 0.4) is 0 Å². The van der Waals surface area contributed by atoms with Crippen LogP contribution in [0.25, 0.3) is 0 Å². The molecule has 2 aromatic carbocycles. The van der Waals surface area contributed by atoms with Gasteiger partial charge in [-0.05, 0) is 36.9 Å². The molecule has 1 aliphatic rings. The maximum absolute atomic E-state index is 5.71. The molecular weight excluding hydrogens is 258 g/mol. The molecule has 3 rings (SSSR count). The first-order valence-corrected chi connectivity index (χ1v) is 7.88. The Bertz CT molecular complexity index is 480. The fourth-order valence-corrected chi connectivity index (χ4v) is 2.98. The van der Waals surface area contributed by atoms with Crippen LogP contribution >= 0.6 is 0 Å². The van der Waals surface area contributed by atoms with E-state index in [4.69, 9.17) is 4.74 Å². The van der Waals surface area contributed by atoms with Gasteiger partial charge in [0.15, 0.2) is 0 Å². The summed E-state index contributed by atoms with van der Waals surface area (Å²) in [5.41, 5.74) is 2.63. The standard InChI is InChI=1S/C19H23NO/c1-3-8-16(9-4-1)19(17-10-5-2-6-11-17)20-14-13-18-12-7-15-21-18/h1-6,8-11,18-20H,7,12-15H2. The largest absolute Gasteiger partial charge is 0.378 e. The van der Waals surface area contributed by atoms with Gasteiger partial charge in [0.05, 0.1) is 12.1 Å². The van der Waals surface area contributed by atoms with Crippen LogP contribution < -0.4 is 5.32 Å². The summed E-state index contributed by atoms with van der Waals surface area (Å²) in [7, 11) is 0. The predicted octanol–water partition coefficient (Wildman–Crippen LogP) is 3.93. The van der Waals surface area contributed by atoms with Crippen LogP contribution in [0.4, 0.5) is 0 Å². The zero-order chi connectivity index (χ0) is 14.3. The van der Waals surface area contributed by atoms with Gasteiger partial charge in [-0.3, -0.25) is 0 Å². The van der Waals surface area contributed by atoms with Crippen LogP contribution in [-0.2, 0) is 4.74 Å². The molecule has 2 nitrogen and oxygen atoms in total. The fraction of sp³-hybridized carbons (Fsp3) is 0.368. The van der Waals surface area contributed by atoms with E-state index in [-0.39, 0.29) is 6.04 Å². The average molecular weight is 281 g/mol. The summed E-state index contributed by atoms with van der Waals surface area (Å²) in [6.07, 6.45) is 3.97. The topological polar surface area (TPSA) is 21.3 Å². The lowest BCUT2D eigenvalue weighted by Gasteiger charge is -2.21. The summed E-state index contributed by atoms with van der Waals surface area (Å²) >= 11 is 0. The normalized spacial score (nSPS) is 18.2. The van der Waals surface area contributed by atoms with Gasteiger partial charge in [0.25, 0.3) is 0 Å². The summed E-state index contributed by atoms with van der Waals surface area (Å²) in [6, 6.07) is 21.6. The van der Waals surface area contributed by atoms with Gasteiger partial charge in [0, 0.05) is 6.61 Å². The third-order valence-electron chi connectivity index (χ3n) is 4.10. The van der Waals surface area contributed by atoms with E-state index >= 15 is 0 Å². The third-order valence-corrected chi connectivity index (χ3v) is 4.10. The van der Waals surface area contributed by atoms with E-state index in [1.165, 1.54) is 24.0 Å². The van der Waals surface area contributed by atoms with E-state index in [0.29, 0.717) is 6.10 Å². The van der Waals surface area contributed by atoms with Crippen molar-refractivity contribution < 1.29 is 4.74 Å². The second kappa shape index (κ2) is 7.39. The molecule has 0 bridgehead atoms. The molecule has 2 heteroatoms. The van der Waals surface area contributed by atoms with Gasteiger partial charge in [-0.25, -0.2) is 0 Å². The molecule has 0 saturated carbocycles. The Morgan fingerprint density at radius 2 is 1.57 bits per heavy atom. The SMILES string of the molecule is c1ccc(C(NCCC2CCCO2)c2ccccc2)cc1. The molecule has 0 amide bonds. The van der Waals surface area contributed by atoms with Crippen molar-refractivity contribution in [1.82, 2.24) is 5.32 Å². The highest BCUT2D eigenvalue weighted by Crippen LogP contribution is 2.22. The third kappa shape index (κ3) is 3.93. The van der Waals surface area contributed by atoms with Gasteiger partial charge >= 0.3 is 0 Å². The van der Waals surface area contributed by atoms with Gasteiger partial charge in [-0.15, -0.1) is 0 Å². The molecule has 2 aromatic rings. The summed E-state index contributed by atoms with van der Waals surface area (Å²) in [5, 5.41) is 3.70. The Hall–Kier alpha value is -1.64. The lowest BCUT2D eigenvalue weighted by molar-refractivity contribution is 0.104. The van der Waals surface area contributed by atoms with Crippen molar-refractivity contribution in [3.63, 3.8) is 0 Å². The van der Waals surface area contributed by atoms with Crippen LogP contribution in [0.1, 0.15) is 36.4 Å². The average Bonchev–Trinajstić information content (AvgIpc) is 3.07. The zero-order valence-electron chi connectivity index (χ0n) is 12.4. The molecule has 1 aliphatic heterocycles. The van der Waals surface area contributed by atoms with Crippen LogP contribution in [0.15, 0.2) is 60.7 Å². The number of benzene rings is 2. The quantitative estimate of drug-likeness (QED) is 0.866. The minimum atomic E-state index is 0.258. The van der Waals surface area contributed by atoms with E-state index in [1.54, 1.807) is 0 Å². The Balaban J connectivity index is 1.67. The van der Waals surface area contributed by atoms with Crippen LogP contribution in [0.5, 0.6) is 0 Å². The molecule has 1 N–H and O–H groups in total. The smallest absolute Gasteiger partial charge is 0.0588 e. The van der Waals surface area contributed by atoms with Gasteiger partial charge in [-0.1, -0.05) is 60.7 Å². The Morgan fingerprint density at radius 3 is 2.10 bits per heavy atom. The first-order chi connectivity index (χ1) is 10.4. The Morgan fingerprint density at radius 1 is 0.952 bits per heavy atom. The Kier molecular flexibility index (Phi) is 5.03. The lowest BCUT2D eigenvalue weighted by atomic mass is 9.98. The highest BCUT2D eigenvalue weighted by atomic mass is 16.5. The summed E-state index contributed by atoms with van der Waals surface area (Å²) in [5.74, 6) is 0. The zero-order valence-corrected chi connectivity index (χ0v) is 12.4. The van der Waals surface area contributed by atoms with Gasteiger partial charge in [0.1, 0.15) is 0 Å². The molecule has 21 heavy (non-hydrogen) atoms. The minimum absolute atomic E-state index is 0.258. The van der Waals surface area contributed by atoms with E-state index in [2.05, 4.69) is 66.0 Å². The van der Waals surface area contributed by atoms with Crippen molar-refractivity contribution in [3.8, 4) is 0 Å². The molecule has 1 unspecified atom stereocenters.